The molecule has 2 saturated heterocycles. The Morgan fingerprint density at radius 3 is 3.00 bits per heavy atom. The van der Waals surface area contributed by atoms with Crippen LogP contribution in [0.4, 0.5) is 4.39 Å². The first-order valence-electron chi connectivity index (χ1n) is 9.59. The van der Waals surface area contributed by atoms with Crippen LogP contribution in [0.15, 0.2) is 34.9 Å². The predicted molar refractivity (Wildman–Crippen MR) is 102 cm³/mol. The van der Waals surface area contributed by atoms with Crippen LogP contribution in [0.3, 0.4) is 0 Å². The van der Waals surface area contributed by atoms with Gasteiger partial charge in [0.2, 0.25) is 0 Å². The van der Waals surface area contributed by atoms with Gasteiger partial charge in [-0.3, -0.25) is 4.79 Å². The van der Waals surface area contributed by atoms with Gasteiger partial charge >= 0.3 is 0 Å². The maximum absolute atomic E-state index is 14.3. The average Bonchev–Trinajstić information content (AvgIpc) is 3.44. The van der Waals surface area contributed by atoms with E-state index in [2.05, 4.69) is 15.5 Å². The number of nitrogens with zero attached hydrogens (tertiary/aromatic N) is 2. The van der Waals surface area contributed by atoms with Crippen molar-refractivity contribution in [3.63, 3.8) is 0 Å². The monoisotopic (exact) mass is 397 g/mol. The molecule has 0 saturated carbocycles. The molecule has 1 amide bonds. The molecule has 2 fully saturated rings. The van der Waals surface area contributed by atoms with E-state index in [0.717, 1.165) is 6.42 Å². The number of amides is 1. The Kier molecular flexibility index (Phi) is 4.33. The van der Waals surface area contributed by atoms with Crippen LogP contribution in [0.2, 0.25) is 0 Å². The van der Waals surface area contributed by atoms with Crippen LogP contribution in [0.5, 0.6) is 0 Å². The Labute approximate surface area is 166 Å². The summed E-state index contributed by atoms with van der Waals surface area (Å²) in [4.78, 5) is 17.5. The molecule has 1 aromatic carbocycles. The smallest absolute Gasteiger partial charge is 0.259 e. The SMILES string of the molecule is Cc1noc2nc(-c3ccccc3F)cc(C(=O)NC3COC4(CCOC4)C3)c12. The quantitative estimate of drug-likeness (QED) is 0.731. The van der Waals surface area contributed by atoms with Gasteiger partial charge in [-0.25, -0.2) is 9.37 Å². The van der Waals surface area contributed by atoms with Crippen LogP contribution >= 0.6 is 0 Å². The summed E-state index contributed by atoms with van der Waals surface area (Å²) < 4.78 is 31.0. The minimum absolute atomic E-state index is 0.121. The summed E-state index contributed by atoms with van der Waals surface area (Å²) in [5.74, 6) is -0.708. The van der Waals surface area contributed by atoms with Crippen molar-refractivity contribution in [3.8, 4) is 11.3 Å². The molecule has 1 spiro atoms. The van der Waals surface area contributed by atoms with E-state index in [9.17, 15) is 9.18 Å². The van der Waals surface area contributed by atoms with Gasteiger partial charge < -0.3 is 19.3 Å². The topological polar surface area (TPSA) is 86.5 Å². The number of aromatic nitrogens is 2. The fourth-order valence-corrected chi connectivity index (χ4v) is 4.14. The molecule has 0 bridgehead atoms. The van der Waals surface area contributed by atoms with E-state index < -0.39 is 5.82 Å². The third-order valence-corrected chi connectivity index (χ3v) is 5.62. The van der Waals surface area contributed by atoms with E-state index in [1.54, 1.807) is 31.2 Å². The molecule has 2 aliphatic rings. The largest absolute Gasteiger partial charge is 0.378 e. The van der Waals surface area contributed by atoms with Crippen molar-refractivity contribution in [2.24, 2.45) is 0 Å². The number of carbonyl (C=O) groups excluding carboxylic acids is 1. The molecule has 3 aromatic rings. The van der Waals surface area contributed by atoms with Crippen LogP contribution in [0.25, 0.3) is 22.4 Å². The highest BCUT2D eigenvalue weighted by Gasteiger charge is 2.44. The molecular formula is C21H20FN3O4. The number of halogens is 1. The van der Waals surface area contributed by atoms with Gasteiger partial charge in [-0.2, -0.15) is 0 Å². The summed E-state index contributed by atoms with van der Waals surface area (Å²) in [5.41, 5.74) is 1.44. The van der Waals surface area contributed by atoms with Crippen LogP contribution in [0, 0.1) is 12.7 Å². The minimum atomic E-state index is -0.422. The van der Waals surface area contributed by atoms with Crippen LogP contribution in [-0.2, 0) is 9.47 Å². The molecule has 29 heavy (non-hydrogen) atoms. The summed E-state index contributed by atoms with van der Waals surface area (Å²) in [6.45, 7) is 3.42. The van der Waals surface area contributed by atoms with Crippen molar-refractivity contribution in [1.29, 1.82) is 0 Å². The molecular weight excluding hydrogens is 377 g/mol. The van der Waals surface area contributed by atoms with E-state index in [1.165, 1.54) is 6.07 Å². The Bertz CT molecular complexity index is 1090. The normalized spacial score (nSPS) is 23.9. The second kappa shape index (κ2) is 6.89. The van der Waals surface area contributed by atoms with Gasteiger partial charge in [0, 0.05) is 25.0 Å². The molecule has 2 atom stereocenters. The molecule has 2 unspecified atom stereocenters. The maximum Gasteiger partial charge on any atom is 0.259 e. The second-order valence-corrected chi connectivity index (χ2v) is 7.65. The number of nitrogens with one attached hydrogen (secondary N) is 1. The van der Waals surface area contributed by atoms with E-state index in [-0.39, 0.29) is 23.3 Å². The van der Waals surface area contributed by atoms with E-state index >= 15 is 0 Å². The van der Waals surface area contributed by atoms with Gasteiger partial charge in [0.05, 0.1) is 47.2 Å². The molecule has 0 radical (unpaired) electrons. The van der Waals surface area contributed by atoms with E-state index in [0.29, 0.717) is 54.1 Å². The van der Waals surface area contributed by atoms with Crippen molar-refractivity contribution >= 4 is 17.0 Å². The Morgan fingerprint density at radius 1 is 1.34 bits per heavy atom. The van der Waals surface area contributed by atoms with Crippen LogP contribution in [-0.4, -0.2) is 47.5 Å². The number of aryl methyl sites for hydroxylation is 1. The van der Waals surface area contributed by atoms with Gasteiger partial charge in [0.1, 0.15) is 5.82 Å². The first-order chi connectivity index (χ1) is 14.0. The highest BCUT2D eigenvalue weighted by molar-refractivity contribution is 6.07. The lowest BCUT2D eigenvalue weighted by Crippen LogP contribution is -2.37. The van der Waals surface area contributed by atoms with Crippen LogP contribution in [0.1, 0.15) is 28.9 Å². The van der Waals surface area contributed by atoms with Gasteiger partial charge in [-0.05, 0) is 25.1 Å². The summed E-state index contributed by atoms with van der Waals surface area (Å²) >= 11 is 0. The lowest BCUT2D eigenvalue weighted by molar-refractivity contribution is -0.00356. The highest BCUT2D eigenvalue weighted by atomic mass is 19.1. The molecule has 7 nitrogen and oxygen atoms in total. The Morgan fingerprint density at radius 2 is 2.21 bits per heavy atom. The lowest BCUT2D eigenvalue weighted by atomic mass is 9.97. The van der Waals surface area contributed by atoms with Crippen molar-refractivity contribution in [3.05, 3.63) is 47.4 Å². The molecule has 2 aliphatic heterocycles. The fourth-order valence-electron chi connectivity index (χ4n) is 4.14. The Balaban J connectivity index is 1.49. The van der Waals surface area contributed by atoms with Gasteiger partial charge in [-0.15, -0.1) is 0 Å². The minimum Gasteiger partial charge on any atom is -0.378 e. The van der Waals surface area contributed by atoms with Crippen molar-refractivity contribution < 1.29 is 23.2 Å². The van der Waals surface area contributed by atoms with Gasteiger partial charge in [0.25, 0.3) is 11.6 Å². The number of rotatable bonds is 3. The molecule has 4 heterocycles. The second-order valence-electron chi connectivity index (χ2n) is 7.65. The number of pyridine rings is 1. The molecule has 8 heteroatoms. The van der Waals surface area contributed by atoms with E-state index in [1.807, 2.05) is 0 Å². The molecule has 1 N–H and O–H groups in total. The molecule has 2 aromatic heterocycles. The summed E-state index contributed by atoms with van der Waals surface area (Å²) in [6.07, 6.45) is 1.54. The zero-order valence-corrected chi connectivity index (χ0v) is 15.9. The fraction of sp³-hybridized carbons (Fsp3) is 0.381. The average molecular weight is 397 g/mol. The predicted octanol–water partition coefficient (Wildman–Crippen LogP) is 3.02. The standard InChI is InChI=1S/C21H20FN3O4/c1-12-18-15(19(26)23-13-9-21(28-10-13)6-7-27-11-21)8-17(24-20(18)29-25-12)14-4-2-3-5-16(14)22/h2-5,8,13H,6-7,9-11H2,1H3,(H,23,26). The summed E-state index contributed by atoms with van der Waals surface area (Å²) in [7, 11) is 0. The Hall–Kier alpha value is -2.84. The molecule has 5 rings (SSSR count). The third kappa shape index (κ3) is 3.18. The number of benzene rings is 1. The molecule has 0 aliphatic carbocycles. The summed E-state index contributed by atoms with van der Waals surface area (Å²) in [5, 5.41) is 7.50. The zero-order valence-electron chi connectivity index (χ0n) is 15.9. The third-order valence-electron chi connectivity index (χ3n) is 5.62. The van der Waals surface area contributed by atoms with Crippen molar-refractivity contribution in [1.82, 2.24) is 15.5 Å². The number of ether oxygens (including phenoxy) is 2. The highest BCUT2D eigenvalue weighted by Crippen LogP contribution is 2.34. The molecule has 150 valence electrons. The zero-order chi connectivity index (χ0) is 20.0. The summed E-state index contributed by atoms with van der Waals surface area (Å²) in [6, 6.07) is 7.75. The van der Waals surface area contributed by atoms with Crippen LogP contribution < -0.4 is 5.32 Å². The number of carbonyl (C=O) groups is 1. The maximum atomic E-state index is 14.3. The number of hydrogen-bond donors (Lipinski definition) is 1. The number of fused-ring (bicyclic) bond motifs is 1. The van der Waals surface area contributed by atoms with E-state index in [4.69, 9.17) is 14.0 Å². The number of hydrogen-bond acceptors (Lipinski definition) is 6. The first kappa shape index (κ1) is 18.2. The van der Waals surface area contributed by atoms with Crippen molar-refractivity contribution in [2.75, 3.05) is 19.8 Å². The first-order valence-corrected chi connectivity index (χ1v) is 9.59. The lowest BCUT2D eigenvalue weighted by Gasteiger charge is -2.19. The van der Waals surface area contributed by atoms with Gasteiger partial charge in [0.15, 0.2) is 0 Å². The van der Waals surface area contributed by atoms with Gasteiger partial charge in [-0.1, -0.05) is 17.3 Å². The van der Waals surface area contributed by atoms with Crippen molar-refractivity contribution in [2.45, 2.75) is 31.4 Å².